The normalized spacial score (nSPS) is 23.1. The first kappa shape index (κ1) is 10.2. The van der Waals surface area contributed by atoms with Gasteiger partial charge >= 0.3 is 0 Å². The summed E-state index contributed by atoms with van der Waals surface area (Å²) in [4.78, 5) is 4.39. The molecule has 0 fully saturated rings. The van der Waals surface area contributed by atoms with E-state index in [0.717, 1.165) is 12.1 Å². The molecule has 15 heavy (non-hydrogen) atoms. The third-order valence-corrected chi connectivity index (χ3v) is 3.36. The molecule has 0 radical (unpaired) electrons. The standard InChI is InChI=1S/C11H13N3S/c1-8-10(13-11(14-12)15-8)7-9-5-3-2-4-6-9/h2-6,8H,7,12H2,1H3. The van der Waals surface area contributed by atoms with Crippen LogP contribution in [-0.2, 0) is 6.42 Å². The number of hydrogen-bond acceptors (Lipinski definition) is 3. The first-order valence-electron chi connectivity index (χ1n) is 4.85. The molecule has 0 aromatic heterocycles. The molecular formula is C11H13N3S. The van der Waals surface area contributed by atoms with Gasteiger partial charge in [0.05, 0.1) is 0 Å². The summed E-state index contributed by atoms with van der Waals surface area (Å²) in [5.41, 5.74) is 2.43. The van der Waals surface area contributed by atoms with E-state index < -0.39 is 0 Å². The van der Waals surface area contributed by atoms with E-state index in [1.54, 1.807) is 11.8 Å². The molecule has 0 bridgehead atoms. The number of thioether (sulfide) groups is 1. The van der Waals surface area contributed by atoms with E-state index in [-0.39, 0.29) is 0 Å². The molecule has 2 rings (SSSR count). The predicted molar refractivity (Wildman–Crippen MR) is 66.3 cm³/mol. The number of benzene rings is 1. The SMILES string of the molecule is CC1SC(=NN)N=C1Cc1ccccc1. The lowest BCUT2D eigenvalue weighted by Crippen LogP contribution is -2.11. The quantitative estimate of drug-likeness (QED) is 0.611. The molecule has 1 atom stereocenters. The average Bonchev–Trinajstić information content (AvgIpc) is 2.61. The number of hydrogen-bond donors (Lipinski definition) is 1. The predicted octanol–water partition coefficient (Wildman–Crippen LogP) is 2.04. The van der Waals surface area contributed by atoms with Gasteiger partial charge in [0.25, 0.3) is 0 Å². The van der Waals surface area contributed by atoms with Gasteiger partial charge in [-0.15, -0.1) is 0 Å². The summed E-state index contributed by atoms with van der Waals surface area (Å²) in [6.45, 7) is 2.13. The van der Waals surface area contributed by atoms with Gasteiger partial charge in [-0.05, 0) is 12.5 Å². The first-order valence-corrected chi connectivity index (χ1v) is 5.73. The maximum absolute atomic E-state index is 5.21. The minimum Gasteiger partial charge on any atom is -0.321 e. The van der Waals surface area contributed by atoms with Crippen molar-refractivity contribution in [2.24, 2.45) is 15.9 Å². The van der Waals surface area contributed by atoms with Gasteiger partial charge in [-0.25, -0.2) is 4.99 Å². The van der Waals surface area contributed by atoms with Crippen molar-refractivity contribution in [3.05, 3.63) is 35.9 Å². The highest BCUT2D eigenvalue weighted by molar-refractivity contribution is 8.15. The molecule has 1 aliphatic heterocycles. The second kappa shape index (κ2) is 4.49. The molecule has 1 heterocycles. The van der Waals surface area contributed by atoms with E-state index in [0.29, 0.717) is 10.4 Å². The van der Waals surface area contributed by atoms with Crippen LogP contribution in [-0.4, -0.2) is 16.1 Å². The van der Waals surface area contributed by atoms with E-state index in [9.17, 15) is 0 Å². The van der Waals surface area contributed by atoms with Crippen molar-refractivity contribution in [3.8, 4) is 0 Å². The van der Waals surface area contributed by atoms with Crippen LogP contribution in [0.15, 0.2) is 40.4 Å². The summed E-state index contributed by atoms with van der Waals surface area (Å²) in [5.74, 6) is 5.21. The molecule has 4 heteroatoms. The molecule has 1 aromatic carbocycles. The Labute approximate surface area is 93.5 Å². The topological polar surface area (TPSA) is 50.7 Å². The van der Waals surface area contributed by atoms with Crippen LogP contribution < -0.4 is 5.84 Å². The van der Waals surface area contributed by atoms with E-state index in [2.05, 4.69) is 29.2 Å². The molecule has 0 saturated carbocycles. The zero-order chi connectivity index (χ0) is 10.7. The van der Waals surface area contributed by atoms with Gasteiger partial charge in [-0.2, -0.15) is 5.10 Å². The average molecular weight is 219 g/mol. The third kappa shape index (κ3) is 2.39. The van der Waals surface area contributed by atoms with Crippen molar-refractivity contribution in [1.29, 1.82) is 0 Å². The molecule has 0 amide bonds. The van der Waals surface area contributed by atoms with Crippen molar-refractivity contribution in [3.63, 3.8) is 0 Å². The van der Waals surface area contributed by atoms with Crippen molar-refractivity contribution >= 4 is 22.6 Å². The molecule has 0 spiro atoms. The maximum atomic E-state index is 5.21. The minimum atomic E-state index is 0.382. The lowest BCUT2D eigenvalue weighted by Gasteiger charge is -2.04. The largest absolute Gasteiger partial charge is 0.321 e. The van der Waals surface area contributed by atoms with E-state index in [1.165, 1.54) is 5.56 Å². The van der Waals surface area contributed by atoms with E-state index in [4.69, 9.17) is 5.84 Å². The Morgan fingerprint density at radius 3 is 2.73 bits per heavy atom. The Hall–Kier alpha value is -1.29. The van der Waals surface area contributed by atoms with E-state index >= 15 is 0 Å². The van der Waals surface area contributed by atoms with Gasteiger partial charge in [-0.3, -0.25) is 0 Å². The monoisotopic (exact) mass is 219 g/mol. The van der Waals surface area contributed by atoms with Gasteiger partial charge in [0.1, 0.15) is 0 Å². The van der Waals surface area contributed by atoms with Crippen LogP contribution in [0, 0.1) is 0 Å². The van der Waals surface area contributed by atoms with Crippen LogP contribution in [0.1, 0.15) is 12.5 Å². The summed E-state index contributed by atoms with van der Waals surface area (Å²) in [6, 6.07) is 10.3. The summed E-state index contributed by atoms with van der Waals surface area (Å²) in [7, 11) is 0. The highest BCUT2D eigenvalue weighted by Crippen LogP contribution is 2.24. The molecule has 78 valence electrons. The van der Waals surface area contributed by atoms with Crippen molar-refractivity contribution in [2.75, 3.05) is 0 Å². The highest BCUT2D eigenvalue weighted by atomic mass is 32.2. The zero-order valence-electron chi connectivity index (χ0n) is 8.55. The lowest BCUT2D eigenvalue weighted by molar-refractivity contribution is 1.21. The number of rotatable bonds is 2. The lowest BCUT2D eigenvalue weighted by atomic mass is 10.1. The summed E-state index contributed by atoms with van der Waals surface area (Å²) in [6.07, 6.45) is 0.883. The van der Waals surface area contributed by atoms with Crippen LogP contribution in [0.4, 0.5) is 0 Å². The van der Waals surface area contributed by atoms with Crippen LogP contribution in [0.25, 0.3) is 0 Å². The zero-order valence-corrected chi connectivity index (χ0v) is 9.37. The van der Waals surface area contributed by atoms with Crippen molar-refractivity contribution in [2.45, 2.75) is 18.6 Å². The maximum Gasteiger partial charge on any atom is 0.206 e. The molecule has 0 saturated heterocycles. The van der Waals surface area contributed by atoms with Crippen LogP contribution in [0.3, 0.4) is 0 Å². The number of amidine groups is 1. The number of aliphatic imine (C=N–C) groups is 1. The second-order valence-electron chi connectivity index (χ2n) is 3.44. The van der Waals surface area contributed by atoms with Crippen molar-refractivity contribution in [1.82, 2.24) is 0 Å². The molecular weight excluding hydrogens is 206 g/mol. The Morgan fingerprint density at radius 2 is 2.13 bits per heavy atom. The molecule has 1 aromatic rings. The van der Waals surface area contributed by atoms with Crippen molar-refractivity contribution < 1.29 is 0 Å². The van der Waals surface area contributed by atoms with Crippen LogP contribution in [0.2, 0.25) is 0 Å². The molecule has 1 unspecified atom stereocenters. The smallest absolute Gasteiger partial charge is 0.206 e. The Bertz CT molecular complexity index is 398. The molecule has 0 aliphatic carbocycles. The summed E-state index contributed by atoms with van der Waals surface area (Å²) in [5, 5.41) is 4.69. The Kier molecular flexibility index (Phi) is 3.06. The fraction of sp³-hybridized carbons (Fsp3) is 0.273. The second-order valence-corrected chi connectivity index (χ2v) is 4.75. The van der Waals surface area contributed by atoms with Gasteiger partial charge in [0.15, 0.2) is 0 Å². The van der Waals surface area contributed by atoms with E-state index in [1.807, 2.05) is 18.2 Å². The Morgan fingerprint density at radius 1 is 1.40 bits per heavy atom. The molecule has 2 N–H and O–H groups in total. The number of nitrogens with two attached hydrogens (primary N) is 1. The van der Waals surface area contributed by atoms with Gasteiger partial charge in [0, 0.05) is 17.4 Å². The van der Waals surface area contributed by atoms with Crippen LogP contribution >= 0.6 is 11.8 Å². The van der Waals surface area contributed by atoms with Gasteiger partial charge < -0.3 is 5.84 Å². The minimum absolute atomic E-state index is 0.382. The number of nitrogens with zero attached hydrogens (tertiary/aromatic N) is 2. The summed E-state index contributed by atoms with van der Waals surface area (Å²) >= 11 is 1.61. The fourth-order valence-electron chi connectivity index (χ4n) is 1.51. The fourth-order valence-corrected chi connectivity index (χ4v) is 2.33. The number of hydrazone groups is 1. The van der Waals surface area contributed by atoms with Crippen LogP contribution in [0.5, 0.6) is 0 Å². The highest BCUT2D eigenvalue weighted by Gasteiger charge is 2.21. The van der Waals surface area contributed by atoms with Gasteiger partial charge in [-0.1, -0.05) is 42.1 Å². The Balaban J connectivity index is 2.13. The first-order chi connectivity index (χ1) is 7.29. The van der Waals surface area contributed by atoms with Gasteiger partial charge in [0.2, 0.25) is 5.17 Å². The summed E-state index contributed by atoms with van der Waals surface area (Å²) < 4.78 is 0. The third-order valence-electron chi connectivity index (χ3n) is 2.33. The molecule has 1 aliphatic rings. The molecule has 3 nitrogen and oxygen atoms in total.